The van der Waals surface area contributed by atoms with Crippen LogP contribution in [0.3, 0.4) is 0 Å². The van der Waals surface area contributed by atoms with Crippen molar-refractivity contribution in [3.63, 3.8) is 0 Å². The molecule has 0 saturated carbocycles. The number of aliphatic hydroxyl groups is 1. The molecule has 4 nitrogen and oxygen atoms in total. The van der Waals surface area contributed by atoms with Crippen LogP contribution in [0, 0.1) is 13.7 Å². The lowest BCUT2D eigenvalue weighted by atomic mass is 10.1. The Balaban J connectivity index is 3.21. The second-order valence-corrected chi connectivity index (χ2v) is 4.13. The number of rotatable bonds is 3. The summed E-state index contributed by atoms with van der Waals surface area (Å²) in [6, 6.07) is 4.82. The molecule has 0 heterocycles. The smallest absolute Gasteiger partial charge is 0.276 e. The highest BCUT2D eigenvalue weighted by Crippen LogP contribution is 2.28. The lowest BCUT2D eigenvalue weighted by Crippen LogP contribution is -2.01. The van der Waals surface area contributed by atoms with E-state index < -0.39 is 11.0 Å². The summed E-state index contributed by atoms with van der Waals surface area (Å²) in [5.74, 6) is 0. The third kappa shape index (κ3) is 2.42. The summed E-state index contributed by atoms with van der Waals surface area (Å²) >= 11 is 2.00. The molecule has 0 aliphatic heterocycles. The average molecular weight is 307 g/mol. The second kappa shape index (κ2) is 4.70. The van der Waals surface area contributed by atoms with Crippen LogP contribution in [0.1, 0.15) is 25.0 Å². The summed E-state index contributed by atoms with van der Waals surface area (Å²) in [5, 5.41) is 20.2. The predicted molar refractivity (Wildman–Crippen MR) is 61.1 cm³/mol. The van der Waals surface area contributed by atoms with Crippen molar-refractivity contribution < 1.29 is 10.0 Å². The lowest BCUT2D eigenvalue weighted by Gasteiger charge is -2.08. The van der Waals surface area contributed by atoms with Gasteiger partial charge in [0.15, 0.2) is 0 Å². The van der Waals surface area contributed by atoms with Crippen molar-refractivity contribution >= 4 is 28.3 Å². The van der Waals surface area contributed by atoms with Crippen molar-refractivity contribution in [1.82, 2.24) is 0 Å². The minimum Gasteiger partial charge on any atom is -0.388 e. The molecule has 1 rings (SSSR count). The summed E-state index contributed by atoms with van der Waals surface area (Å²) in [5.41, 5.74) is 0.379. The summed E-state index contributed by atoms with van der Waals surface area (Å²) in [6.07, 6.45) is -0.283. The van der Waals surface area contributed by atoms with Gasteiger partial charge in [-0.05, 0) is 41.1 Å². The zero-order valence-corrected chi connectivity index (χ0v) is 9.76. The molecule has 1 aromatic rings. The number of hydrogen-bond acceptors (Lipinski definition) is 3. The third-order valence-corrected chi connectivity index (χ3v) is 2.61. The summed E-state index contributed by atoms with van der Waals surface area (Å²) < 4.78 is 0.793. The molecule has 5 heteroatoms. The monoisotopic (exact) mass is 307 g/mol. The van der Waals surface area contributed by atoms with Crippen LogP contribution < -0.4 is 0 Å². The standard InChI is InChI=1S/C9H10INO3/c1-2-9(12)7-4-3-6(10)5-8(7)11(13)14/h3-5,9,12H,2H2,1H3. The third-order valence-electron chi connectivity index (χ3n) is 1.93. The van der Waals surface area contributed by atoms with Crippen LogP contribution in [0.25, 0.3) is 0 Å². The van der Waals surface area contributed by atoms with Gasteiger partial charge in [0.1, 0.15) is 0 Å². The Morgan fingerprint density at radius 2 is 2.29 bits per heavy atom. The van der Waals surface area contributed by atoms with Crippen LogP contribution in [0.15, 0.2) is 18.2 Å². The van der Waals surface area contributed by atoms with E-state index in [0.717, 1.165) is 3.57 Å². The highest BCUT2D eigenvalue weighted by molar-refractivity contribution is 14.1. The fourth-order valence-corrected chi connectivity index (χ4v) is 1.65. The van der Waals surface area contributed by atoms with E-state index in [9.17, 15) is 15.2 Å². The number of nitrogens with zero attached hydrogens (tertiary/aromatic N) is 1. The van der Waals surface area contributed by atoms with Crippen molar-refractivity contribution in [2.45, 2.75) is 19.4 Å². The topological polar surface area (TPSA) is 63.4 Å². The maximum absolute atomic E-state index is 10.7. The van der Waals surface area contributed by atoms with Gasteiger partial charge in [-0.2, -0.15) is 0 Å². The van der Waals surface area contributed by atoms with E-state index >= 15 is 0 Å². The van der Waals surface area contributed by atoms with Gasteiger partial charge in [-0.25, -0.2) is 0 Å². The molecule has 14 heavy (non-hydrogen) atoms. The molecule has 0 fully saturated rings. The second-order valence-electron chi connectivity index (χ2n) is 2.88. The van der Waals surface area contributed by atoms with Gasteiger partial charge in [0.2, 0.25) is 0 Å². The molecular formula is C9H10INO3. The fraction of sp³-hybridized carbons (Fsp3) is 0.333. The number of nitro groups is 1. The quantitative estimate of drug-likeness (QED) is 0.530. The molecule has 76 valence electrons. The van der Waals surface area contributed by atoms with Crippen LogP contribution in [0.5, 0.6) is 0 Å². The van der Waals surface area contributed by atoms with Gasteiger partial charge < -0.3 is 5.11 Å². The van der Waals surface area contributed by atoms with Crippen molar-refractivity contribution in [2.24, 2.45) is 0 Å². The van der Waals surface area contributed by atoms with Crippen LogP contribution in [0.2, 0.25) is 0 Å². The van der Waals surface area contributed by atoms with E-state index in [-0.39, 0.29) is 5.69 Å². The van der Waals surface area contributed by atoms with Gasteiger partial charge in [-0.15, -0.1) is 0 Å². The molecule has 0 aromatic heterocycles. The molecule has 1 N–H and O–H groups in total. The van der Waals surface area contributed by atoms with E-state index in [1.54, 1.807) is 19.1 Å². The Kier molecular flexibility index (Phi) is 3.82. The summed E-state index contributed by atoms with van der Waals surface area (Å²) in [4.78, 5) is 10.2. The fourth-order valence-electron chi connectivity index (χ4n) is 1.18. The summed E-state index contributed by atoms with van der Waals surface area (Å²) in [6.45, 7) is 1.78. The van der Waals surface area contributed by atoms with Gasteiger partial charge in [0.25, 0.3) is 5.69 Å². The van der Waals surface area contributed by atoms with E-state index in [0.29, 0.717) is 12.0 Å². The maximum atomic E-state index is 10.7. The Hall–Kier alpha value is -0.690. The summed E-state index contributed by atoms with van der Waals surface area (Å²) in [7, 11) is 0. The lowest BCUT2D eigenvalue weighted by molar-refractivity contribution is -0.386. The van der Waals surface area contributed by atoms with Crippen LogP contribution in [-0.4, -0.2) is 10.0 Å². The van der Waals surface area contributed by atoms with Gasteiger partial charge in [0, 0.05) is 9.64 Å². The number of hydrogen-bond donors (Lipinski definition) is 1. The van der Waals surface area contributed by atoms with E-state index in [4.69, 9.17) is 0 Å². The molecule has 0 amide bonds. The number of nitro benzene ring substituents is 1. The van der Waals surface area contributed by atoms with Crippen molar-refractivity contribution in [2.75, 3.05) is 0 Å². The number of aliphatic hydroxyl groups excluding tert-OH is 1. The zero-order chi connectivity index (χ0) is 10.7. The molecule has 0 saturated heterocycles. The van der Waals surface area contributed by atoms with E-state index in [1.807, 2.05) is 22.6 Å². The highest BCUT2D eigenvalue weighted by atomic mass is 127. The van der Waals surface area contributed by atoms with Crippen LogP contribution in [0.4, 0.5) is 5.69 Å². The maximum Gasteiger partial charge on any atom is 0.276 e. The van der Waals surface area contributed by atoms with Crippen LogP contribution in [-0.2, 0) is 0 Å². The Labute approximate surface area is 95.2 Å². The van der Waals surface area contributed by atoms with Gasteiger partial charge in [-0.3, -0.25) is 10.1 Å². The van der Waals surface area contributed by atoms with Crippen LogP contribution >= 0.6 is 22.6 Å². The first-order chi connectivity index (χ1) is 6.56. The van der Waals surface area contributed by atoms with Gasteiger partial charge in [0.05, 0.1) is 16.6 Å². The van der Waals surface area contributed by atoms with E-state index in [2.05, 4.69) is 0 Å². The van der Waals surface area contributed by atoms with Crippen molar-refractivity contribution in [3.8, 4) is 0 Å². The predicted octanol–water partition coefficient (Wildman–Crippen LogP) is 2.64. The first-order valence-electron chi connectivity index (χ1n) is 4.18. The van der Waals surface area contributed by atoms with Crippen molar-refractivity contribution in [3.05, 3.63) is 37.4 Å². The number of benzene rings is 1. The molecular weight excluding hydrogens is 297 g/mol. The van der Waals surface area contributed by atoms with Gasteiger partial charge in [-0.1, -0.05) is 6.92 Å². The largest absolute Gasteiger partial charge is 0.388 e. The molecule has 0 bridgehead atoms. The molecule has 0 spiro atoms. The Morgan fingerprint density at radius 1 is 1.64 bits per heavy atom. The average Bonchev–Trinajstić information content (AvgIpc) is 2.16. The normalized spacial score (nSPS) is 12.5. The minimum atomic E-state index is -0.757. The molecule has 0 radical (unpaired) electrons. The molecule has 1 atom stereocenters. The first kappa shape index (κ1) is 11.4. The molecule has 0 aliphatic rings. The molecule has 1 aromatic carbocycles. The Bertz CT molecular complexity index is 354. The van der Waals surface area contributed by atoms with Crippen molar-refractivity contribution in [1.29, 1.82) is 0 Å². The van der Waals surface area contributed by atoms with E-state index in [1.165, 1.54) is 6.07 Å². The zero-order valence-electron chi connectivity index (χ0n) is 7.61. The highest BCUT2D eigenvalue weighted by Gasteiger charge is 2.19. The van der Waals surface area contributed by atoms with Gasteiger partial charge >= 0.3 is 0 Å². The SMILES string of the molecule is CCC(O)c1ccc(I)cc1[N+](=O)[O-]. The first-order valence-corrected chi connectivity index (χ1v) is 5.26. The Morgan fingerprint density at radius 3 is 2.79 bits per heavy atom. The molecule has 1 unspecified atom stereocenters. The minimum absolute atomic E-state index is 0.00810. The number of halogens is 1. The molecule has 0 aliphatic carbocycles.